The van der Waals surface area contributed by atoms with E-state index >= 15 is 0 Å². The zero-order valence-corrected chi connectivity index (χ0v) is 7.90. The van der Waals surface area contributed by atoms with Gasteiger partial charge in [-0.25, -0.2) is 0 Å². The zero-order chi connectivity index (χ0) is 5.70. The van der Waals surface area contributed by atoms with Gasteiger partial charge in [-0.15, -0.1) is 6.61 Å². The molecule has 0 saturated heterocycles. The van der Waals surface area contributed by atoms with Crippen LogP contribution in [0.3, 0.4) is 0 Å². The molecule has 0 aliphatic heterocycles. The minimum Gasteiger partial charge on any atom is -0.854 e. The van der Waals surface area contributed by atoms with Crippen molar-refractivity contribution in [2.24, 2.45) is 0 Å². The molecule has 0 amide bonds. The van der Waals surface area contributed by atoms with Crippen LogP contribution >= 0.6 is 0 Å². The molecule has 1 N–H and O–H groups in total. The minimum atomic E-state index is -0.0157. The third-order valence-corrected chi connectivity index (χ3v) is 0.655. The van der Waals surface area contributed by atoms with Gasteiger partial charge in [-0.1, -0.05) is 13.8 Å². The Morgan fingerprint density at radius 2 is 2.00 bits per heavy atom. The van der Waals surface area contributed by atoms with Crippen LogP contribution in [0.1, 0.15) is 13.8 Å². The predicted octanol–water partition coefficient (Wildman–Crippen LogP) is -3.65. The van der Waals surface area contributed by atoms with Gasteiger partial charge in [0.15, 0.2) is 0 Å². The molecule has 0 unspecified atom stereocenters. The average Bonchev–Trinajstić information content (AvgIpc) is 1.61. The van der Waals surface area contributed by atoms with Crippen molar-refractivity contribution >= 4 is 0 Å². The maximum Gasteiger partial charge on any atom is 1.00 e. The number of hydrogen-bond acceptors (Lipinski definition) is 2. The van der Waals surface area contributed by atoms with Crippen molar-refractivity contribution in [1.82, 2.24) is 5.32 Å². The summed E-state index contributed by atoms with van der Waals surface area (Å²) in [4.78, 5) is 0. The predicted molar refractivity (Wildman–Crippen MR) is 28.0 cm³/mol. The molecule has 0 radical (unpaired) electrons. The molecule has 0 heterocycles. The van der Waals surface area contributed by atoms with Crippen molar-refractivity contribution in [1.29, 1.82) is 0 Å². The molecule has 44 valence electrons. The quantitative estimate of drug-likeness (QED) is 0.395. The van der Waals surface area contributed by atoms with Crippen LogP contribution in [-0.2, 0) is 0 Å². The van der Waals surface area contributed by atoms with Crippen LogP contribution in [0.2, 0.25) is 0 Å². The second-order valence-corrected chi connectivity index (χ2v) is 1.81. The molecule has 0 aromatic heterocycles. The molecule has 0 aliphatic rings. The van der Waals surface area contributed by atoms with Crippen molar-refractivity contribution in [3.63, 3.8) is 0 Å². The van der Waals surface area contributed by atoms with Crippen molar-refractivity contribution in [2.75, 3.05) is 13.2 Å². The molecule has 0 saturated carbocycles. The summed E-state index contributed by atoms with van der Waals surface area (Å²) in [6, 6.07) is 0.453. The Balaban J connectivity index is 0. The first-order chi connectivity index (χ1) is 3.27. The van der Waals surface area contributed by atoms with E-state index in [0.29, 0.717) is 12.6 Å². The molecule has 0 aromatic rings. The fourth-order valence-electron chi connectivity index (χ4n) is 0.348. The van der Waals surface area contributed by atoms with E-state index in [1.165, 1.54) is 0 Å². The fraction of sp³-hybridized carbons (Fsp3) is 1.00. The first kappa shape index (κ1) is 11.7. The van der Waals surface area contributed by atoms with Crippen LogP contribution in [0, 0.1) is 0 Å². The largest absolute Gasteiger partial charge is 1.00 e. The molecule has 8 heavy (non-hydrogen) atoms. The Kier molecular flexibility index (Phi) is 11.6. The fourth-order valence-corrected chi connectivity index (χ4v) is 0.348. The monoisotopic (exact) mass is 125 g/mol. The van der Waals surface area contributed by atoms with Crippen LogP contribution in [0.15, 0.2) is 0 Å². The van der Waals surface area contributed by atoms with E-state index in [-0.39, 0.29) is 36.2 Å². The maximum atomic E-state index is 9.77. The molecule has 0 rings (SSSR count). The number of rotatable bonds is 3. The van der Waals surface area contributed by atoms with Crippen molar-refractivity contribution in [3.8, 4) is 0 Å². The van der Waals surface area contributed by atoms with Gasteiger partial charge in [0.1, 0.15) is 0 Å². The van der Waals surface area contributed by atoms with Gasteiger partial charge in [-0.05, 0) is 6.54 Å². The molecule has 0 atom stereocenters. The number of nitrogens with one attached hydrogen (secondary N) is 1. The third-order valence-electron chi connectivity index (χ3n) is 0.655. The molecule has 2 nitrogen and oxygen atoms in total. The van der Waals surface area contributed by atoms with E-state index in [1.54, 1.807) is 0 Å². The van der Waals surface area contributed by atoms with Gasteiger partial charge in [-0.3, -0.25) is 0 Å². The summed E-state index contributed by atoms with van der Waals surface area (Å²) >= 11 is 0. The molecule has 0 aromatic carbocycles. The van der Waals surface area contributed by atoms with E-state index in [9.17, 15) is 5.11 Å². The Morgan fingerprint density at radius 3 is 2.12 bits per heavy atom. The molecular formula is C5H12NNaO. The van der Waals surface area contributed by atoms with Gasteiger partial charge in [-0.2, -0.15) is 0 Å². The molecule has 0 fully saturated rings. The van der Waals surface area contributed by atoms with Crippen LogP contribution in [0.5, 0.6) is 0 Å². The summed E-state index contributed by atoms with van der Waals surface area (Å²) < 4.78 is 0. The van der Waals surface area contributed by atoms with E-state index in [4.69, 9.17) is 0 Å². The second-order valence-electron chi connectivity index (χ2n) is 1.81. The maximum absolute atomic E-state index is 9.77. The summed E-state index contributed by atoms with van der Waals surface area (Å²) in [7, 11) is 0. The SMILES string of the molecule is CC(C)NCC[O-].[Na+]. The Bertz CT molecular complexity index is 41.4. The first-order valence-electron chi connectivity index (χ1n) is 2.59. The standard InChI is InChI=1S/C5H12NO.Na/c1-5(2)6-3-4-7;/h5-6H,3-4H2,1-2H3;/q-1;+1. The van der Waals surface area contributed by atoms with Gasteiger partial charge in [0.2, 0.25) is 0 Å². The van der Waals surface area contributed by atoms with Crippen LogP contribution in [0.25, 0.3) is 0 Å². The molecular weight excluding hydrogens is 113 g/mol. The summed E-state index contributed by atoms with van der Waals surface area (Å²) in [6.07, 6.45) is 0. The normalized spacial score (nSPS) is 9.00. The zero-order valence-electron chi connectivity index (χ0n) is 5.90. The van der Waals surface area contributed by atoms with Gasteiger partial charge in [0.25, 0.3) is 0 Å². The van der Waals surface area contributed by atoms with Gasteiger partial charge >= 0.3 is 29.6 Å². The summed E-state index contributed by atoms with van der Waals surface area (Å²) in [5.74, 6) is 0. The molecule has 0 aliphatic carbocycles. The average molecular weight is 125 g/mol. The van der Waals surface area contributed by atoms with Crippen molar-refractivity contribution in [2.45, 2.75) is 19.9 Å². The topological polar surface area (TPSA) is 35.1 Å². The molecule has 3 heteroatoms. The van der Waals surface area contributed by atoms with Crippen molar-refractivity contribution in [3.05, 3.63) is 0 Å². The van der Waals surface area contributed by atoms with E-state index in [1.807, 2.05) is 13.8 Å². The number of hydrogen-bond donors (Lipinski definition) is 1. The summed E-state index contributed by atoms with van der Waals surface area (Å²) in [5.41, 5.74) is 0. The Labute approximate surface area is 73.0 Å². The van der Waals surface area contributed by atoms with E-state index < -0.39 is 0 Å². The third kappa shape index (κ3) is 10.0. The van der Waals surface area contributed by atoms with Crippen LogP contribution < -0.4 is 40.0 Å². The van der Waals surface area contributed by atoms with Gasteiger partial charge < -0.3 is 10.4 Å². The van der Waals surface area contributed by atoms with Gasteiger partial charge in [0.05, 0.1) is 0 Å². The molecule has 0 spiro atoms. The summed E-state index contributed by atoms with van der Waals surface area (Å²) in [6.45, 7) is 4.63. The Hall–Kier alpha value is 0.920. The van der Waals surface area contributed by atoms with Crippen LogP contribution in [-0.4, -0.2) is 19.2 Å². The first-order valence-corrected chi connectivity index (χ1v) is 2.59. The van der Waals surface area contributed by atoms with Gasteiger partial charge in [0, 0.05) is 6.04 Å². The smallest absolute Gasteiger partial charge is 0.854 e. The van der Waals surface area contributed by atoms with Crippen LogP contribution in [0.4, 0.5) is 0 Å². The minimum absolute atomic E-state index is 0. The van der Waals surface area contributed by atoms with Crippen molar-refractivity contribution < 1.29 is 34.7 Å². The Morgan fingerprint density at radius 1 is 1.50 bits per heavy atom. The summed E-state index contributed by atoms with van der Waals surface area (Å²) in [5, 5.41) is 12.8. The van der Waals surface area contributed by atoms with E-state index in [2.05, 4.69) is 5.32 Å². The van der Waals surface area contributed by atoms with E-state index in [0.717, 1.165) is 0 Å². The molecule has 0 bridgehead atoms. The second kappa shape index (κ2) is 7.92.